The van der Waals surface area contributed by atoms with Gasteiger partial charge in [0.25, 0.3) is 0 Å². The fourth-order valence-electron chi connectivity index (χ4n) is 2.45. The molecule has 3 rings (SSSR count). The highest BCUT2D eigenvalue weighted by Crippen LogP contribution is 2.22. The van der Waals surface area contributed by atoms with E-state index >= 15 is 0 Å². The first kappa shape index (κ1) is 16.3. The van der Waals surface area contributed by atoms with Gasteiger partial charge in [0.2, 0.25) is 11.9 Å². The first-order chi connectivity index (χ1) is 11.9. The van der Waals surface area contributed by atoms with Crippen LogP contribution in [-0.4, -0.2) is 29.7 Å². The summed E-state index contributed by atoms with van der Waals surface area (Å²) in [5.74, 6) is 0.704. The highest BCUT2D eigenvalue weighted by Gasteiger charge is 2.22. The number of nitrogens with one attached hydrogen (secondary N) is 1. The van der Waals surface area contributed by atoms with Crippen LogP contribution >= 0.6 is 0 Å². The molecule has 3 N–H and O–H groups in total. The van der Waals surface area contributed by atoms with E-state index in [9.17, 15) is 10.1 Å². The van der Waals surface area contributed by atoms with Gasteiger partial charge in [-0.25, -0.2) is 0 Å². The van der Waals surface area contributed by atoms with Crippen molar-refractivity contribution in [2.45, 2.75) is 20.4 Å². The third-order valence-corrected chi connectivity index (χ3v) is 3.55. The minimum absolute atomic E-state index is 0.00957. The van der Waals surface area contributed by atoms with E-state index < -0.39 is 4.92 Å². The molecule has 3 aromatic rings. The van der Waals surface area contributed by atoms with Crippen molar-refractivity contribution >= 4 is 23.3 Å². The molecule has 0 unspecified atom stereocenters. The van der Waals surface area contributed by atoms with Gasteiger partial charge in [-0.2, -0.15) is 20.1 Å². The Balaban J connectivity index is 1.89. The summed E-state index contributed by atoms with van der Waals surface area (Å²) in [6.07, 6.45) is 0. The second-order valence-corrected chi connectivity index (χ2v) is 5.36. The lowest BCUT2D eigenvalue weighted by molar-refractivity contribution is -0.386. The molecule has 10 heteroatoms. The van der Waals surface area contributed by atoms with E-state index in [-0.39, 0.29) is 18.2 Å². The molecule has 10 nitrogen and oxygen atoms in total. The Hall–Kier alpha value is -3.56. The third kappa shape index (κ3) is 3.52. The molecule has 25 heavy (non-hydrogen) atoms. The molecule has 2 heterocycles. The molecule has 0 aliphatic rings. The molecular weight excluding hydrogens is 324 g/mol. The summed E-state index contributed by atoms with van der Waals surface area (Å²) in [7, 11) is 0. The van der Waals surface area contributed by atoms with E-state index in [1.807, 2.05) is 30.3 Å². The summed E-state index contributed by atoms with van der Waals surface area (Å²) in [4.78, 5) is 23.1. The SMILES string of the molecule is Cc1nn(Cc2nc(N)nc(Nc3ccccc3)n2)c(C)c1[N+](=O)[O-]. The average Bonchev–Trinajstić information content (AvgIpc) is 2.81. The number of aryl methyl sites for hydroxylation is 1. The van der Waals surface area contributed by atoms with Gasteiger partial charge in [0.1, 0.15) is 17.9 Å². The fourth-order valence-corrected chi connectivity index (χ4v) is 2.45. The average molecular weight is 340 g/mol. The molecule has 2 aromatic heterocycles. The zero-order valence-corrected chi connectivity index (χ0v) is 13.7. The van der Waals surface area contributed by atoms with Crippen LogP contribution < -0.4 is 11.1 Å². The van der Waals surface area contributed by atoms with E-state index in [1.165, 1.54) is 4.68 Å². The molecule has 0 radical (unpaired) electrons. The summed E-state index contributed by atoms with van der Waals surface area (Å²) in [5, 5.41) is 18.3. The largest absolute Gasteiger partial charge is 0.368 e. The number of hydrogen-bond acceptors (Lipinski definition) is 8. The molecule has 0 aliphatic carbocycles. The normalized spacial score (nSPS) is 10.6. The predicted octanol–water partition coefficient (Wildman–Crippen LogP) is 1.97. The van der Waals surface area contributed by atoms with Crippen molar-refractivity contribution in [3.05, 3.63) is 57.7 Å². The quantitative estimate of drug-likeness (QED) is 0.531. The number of anilines is 3. The number of benzene rings is 1. The molecule has 0 saturated heterocycles. The molecule has 0 amide bonds. The van der Waals surface area contributed by atoms with Crippen molar-refractivity contribution in [2.24, 2.45) is 0 Å². The van der Waals surface area contributed by atoms with E-state index in [2.05, 4.69) is 25.4 Å². The number of hydrogen-bond donors (Lipinski definition) is 2. The Labute approximate surface area is 142 Å². The molecule has 0 bridgehead atoms. The van der Waals surface area contributed by atoms with Crippen molar-refractivity contribution in [1.29, 1.82) is 0 Å². The van der Waals surface area contributed by atoms with Crippen molar-refractivity contribution in [1.82, 2.24) is 24.7 Å². The number of nitrogen functional groups attached to an aromatic ring is 1. The molecule has 0 atom stereocenters. The Bertz CT molecular complexity index is 923. The van der Waals surface area contributed by atoms with Crippen LogP contribution in [0.15, 0.2) is 30.3 Å². The third-order valence-electron chi connectivity index (χ3n) is 3.55. The molecule has 1 aromatic carbocycles. The van der Waals surface area contributed by atoms with Crippen LogP contribution in [0.4, 0.5) is 23.3 Å². The summed E-state index contributed by atoms with van der Waals surface area (Å²) in [6.45, 7) is 3.37. The van der Waals surface area contributed by atoms with Gasteiger partial charge in [0.05, 0.1) is 4.92 Å². The summed E-state index contributed by atoms with van der Waals surface area (Å²) >= 11 is 0. The molecule has 0 saturated carbocycles. The number of nitrogens with two attached hydrogens (primary N) is 1. The molecule has 0 fully saturated rings. The van der Waals surface area contributed by atoms with Crippen LogP contribution in [0.2, 0.25) is 0 Å². The van der Waals surface area contributed by atoms with Crippen molar-refractivity contribution < 1.29 is 4.92 Å². The van der Waals surface area contributed by atoms with Gasteiger partial charge < -0.3 is 11.1 Å². The van der Waals surface area contributed by atoms with Crippen LogP contribution in [0, 0.1) is 24.0 Å². The van der Waals surface area contributed by atoms with Gasteiger partial charge in [-0.3, -0.25) is 14.8 Å². The monoisotopic (exact) mass is 340 g/mol. The number of nitrogens with zero attached hydrogens (tertiary/aromatic N) is 6. The maximum Gasteiger partial charge on any atom is 0.312 e. The van der Waals surface area contributed by atoms with Crippen LogP contribution in [-0.2, 0) is 6.54 Å². The van der Waals surface area contributed by atoms with Crippen LogP contribution in [0.1, 0.15) is 17.2 Å². The van der Waals surface area contributed by atoms with Crippen molar-refractivity contribution in [3.8, 4) is 0 Å². The molecular formula is C15H16N8O2. The van der Waals surface area contributed by atoms with E-state index in [0.29, 0.717) is 23.2 Å². The van der Waals surface area contributed by atoms with Gasteiger partial charge in [0, 0.05) is 5.69 Å². The second-order valence-electron chi connectivity index (χ2n) is 5.36. The molecule has 0 spiro atoms. The smallest absolute Gasteiger partial charge is 0.312 e. The first-order valence-electron chi connectivity index (χ1n) is 7.45. The van der Waals surface area contributed by atoms with Gasteiger partial charge in [-0.1, -0.05) is 18.2 Å². The summed E-state index contributed by atoms with van der Waals surface area (Å²) in [6, 6.07) is 9.38. The number of para-hydroxylation sites is 1. The maximum atomic E-state index is 11.1. The molecule has 128 valence electrons. The number of nitro groups is 1. The van der Waals surface area contributed by atoms with Crippen LogP contribution in [0.25, 0.3) is 0 Å². The van der Waals surface area contributed by atoms with Gasteiger partial charge >= 0.3 is 5.69 Å². The minimum atomic E-state index is -0.446. The Kier molecular flexibility index (Phi) is 4.25. The van der Waals surface area contributed by atoms with Crippen molar-refractivity contribution in [2.75, 3.05) is 11.1 Å². The Morgan fingerprint density at radius 3 is 2.56 bits per heavy atom. The zero-order chi connectivity index (χ0) is 18.0. The Morgan fingerprint density at radius 1 is 1.20 bits per heavy atom. The number of rotatable bonds is 5. The Morgan fingerprint density at radius 2 is 1.92 bits per heavy atom. The highest BCUT2D eigenvalue weighted by molar-refractivity contribution is 5.53. The predicted molar refractivity (Wildman–Crippen MR) is 91.4 cm³/mol. The minimum Gasteiger partial charge on any atom is -0.368 e. The van der Waals surface area contributed by atoms with E-state index in [1.54, 1.807) is 13.8 Å². The lowest BCUT2D eigenvalue weighted by atomic mass is 10.3. The maximum absolute atomic E-state index is 11.1. The van der Waals surface area contributed by atoms with Crippen LogP contribution in [0.3, 0.4) is 0 Å². The lowest BCUT2D eigenvalue weighted by Crippen LogP contribution is -2.12. The van der Waals surface area contributed by atoms with Crippen LogP contribution in [0.5, 0.6) is 0 Å². The highest BCUT2D eigenvalue weighted by atomic mass is 16.6. The van der Waals surface area contributed by atoms with E-state index in [0.717, 1.165) is 5.69 Å². The summed E-state index contributed by atoms with van der Waals surface area (Å²) < 4.78 is 1.48. The second kappa shape index (κ2) is 6.51. The fraction of sp³-hybridized carbons (Fsp3) is 0.200. The first-order valence-corrected chi connectivity index (χ1v) is 7.45. The van der Waals surface area contributed by atoms with Gasteiger partial charge in [0.15, 0.2) is 5.82 Å². The standard InChI is InChI=1S/C15H16N8O2/c1-9-13(23(24)25)10(2)22(21-9)8-12-18-14(16)20-15(19-12)17-11-6-4-3-5-7-11/h3-7H,8H2,1-2H3,(H3,16,17,18,19,20). The topological polar surface area (TPSA) is 138 Å². The molecule has 0 aliphatic heterocycles. The lowest BCUT2D eigenvalue weighted by Gasteiger charge is -2.08. The summed E-state index contributed by atoms with van der Waals surface area (Å²) in [5.41, 5.74) is 7.31. The van der Waals surface area contributed by atoms with Gasteiger partial charge in [-0.15, -0.1) is 0 Å². The van der Waals surface area contributed by atoms with E-state index in [4.69, 9.17) is 5.73 Å². The van der Waals surface area contributed by atoms with Crippen molar-refractivity contribution in [3.63, 3.8) is 0 Å². The van der Waals surface area contributed by atoms with Gasteiger partial charge in [-0.05, 0) is 26.0 Å². The number of aromatic nitrogens is 5. The zero-order valence-electron chi connectivity index (χ0n) is 13.7.